The standard InChI is InChI=1S/C18H25N3O4/c1-24-15-4-2-3-14(13-15)20-17(23)18(5-6-18)16(22)19-7-8-21-9-11-25-12-10-21/h2-4,13H,5-12H2,1H3,(H,19,22)(H,20,23). The molecule has 2 fully saturated rings. The van der Waals surface area contributed by atoms with Gasteiger partial charge in [-0.2, -0.15) is 0 Å². The molecule has 0 bridgehead atoms. The van der Waals surface area contributed by atoms with E-state index < -0.39 is 5.41 Å². The Balaban J connectivity index is 1.50. The van der Waals surface area contributed by atoms with Crippen LogP contribution in [0.3, 0.4) is 0 Å². The molecule has 25 heavy (non-hydrogen) atoms. The van der Waals surface area contributed by atoms with E-state index in [0.29, 0.717) is 30.8 Å². The number of hydrogen-bond acceptors (Lipinski definition) is 5. The molecule has 0 spiro atoms. The van der Waals surface area contributed by atoms with Gasteiger partial charge in [0.2, 0.25) is 11.8 Å². The largest absolute Gasteiger partial charge is 0.497 e. The lowest BCUT2D eigenvalue weighted by molar-refractivity contribution is -0.134. The van der Waals surface area contributed by atoms with Crippen LogP contribution in [0.25, 0.3) is 0 Å². The summed E-state index contributed by atoms with van der Waals surface area (Å²) in [6.45, 7) is 4.58. The molecule has 136 valence electrons. The number of benzene rings is 1. The van der Waals surface area contributed by atoms with Gasteiger partial charge in [-0.1, -0.05) is 6.07 Å². The molecule has 1 heterocycles. The Morgan fingerprint density at radius 3 is 2.68 bits per heavy atom. The minimum Gasteiger partial charge on any atom is -0.497 e. The fourth-order valence-corrected chi connectivity index (χ4v) is 2.96. The minimum absolute atomic E-state index is 0.179. The number of methoxy groups -OCH3 is 1. The number of carbonyl (C=O) groups excluding carboxylic acids is 2. The average Bonchev–Trinajstić information content (AvgIpc) is 3.45. The number of hydrogen-bond donors (Lipinski definition) is 2. The zero-order valence-corrected chi connectivity index (χ0v) is 14.5. The minimum atomic E-state index is -0.923. The smallest absolute Gasteiger partial charge is 0.240 e. The van der Waals surface area contributed by atoms with Crippen LogP contribution in [-0.2, 0) is 14.3 Å². The molecular formula is C18H25N3O4. The first-order valence-corrected chi connectivity index (χ1v) is 8.68. The molecule has 1 aliphatic heterocycles. The molecule has 1 aromatic carbocycles. The molecule has 2 amide bonds. The van der Waals surface area contributed by atoms with E-state index in [1.807, 2.05) is 0 Å². The van der Waals surface area contributed by atoms with Crippen molar-refractivity contribution >= 4 is 17.5 Å². The Morgan fingerprint density at radius 1 is 1.24 bits per heavy atom. The normalized spacial score (nSPS) is 19.1. The van der Waals surface area contributed by atoms with Gasteiger partial charge in [-0.3, -0.25) is 14.5 Å². The van der Waals surface area contributed by atoms with Crippen LogP contribution in [0.4, 0.5) is 5.69 Å². The molecule has 7 nitrogen and oxygen atoms in total. The Hall–Kier alpha value is -2.12. The van der Waals surface area contributed by atoms with E-state index in [9.17, 15) is 9.59 Å². The van der Waals surface area contributed by atoms with E-state index in [-0.39, 0.29) is 11.8 Å². The zero-order chi connectivity index (χ0) is 17.7. The van der Waals surface area contributed by atoms with Crippen molar-refractivity contribution in [1.29, 1.82) is 0 Å². The quantitative estimate of drug-likeness (QED) is 0.715. The highest BCUT2D eigenvalue weighted by atomic mass is 16.5. The third-order valence-electron chi connectivity index (χ3n) is 4.76. The van der Waals surface area contributed by atoms with Gasteiger partial charge in [0, 0.05) is 37.9 Å². The van der Waals surface area contributed by atoms with Gasteiger partial charge in [0.15, 0.2) is 0 Å². The van der Waals surface area contributed by atoms with Crippen molar-refractivity contribution in [3.8, 4) is 5.75 Å². The Morgan fingerprint density at radius 2 is 2.00 bits per heavy atom. The maximum atomic E-state index is 12.6. The van der Waals surface area contributed by atoms with E-state index in [0.717, 1.165) is 32.8 Å². The van der Waals surface area contributed by atoms with Gasteiger partial charge in [0.1, 0.15) is 11.2 Å². The number of nitrogens with one attached hydrogen (secondary N) is 2. The van der Waals surface area contributed by atoms with E-state index >= 15 is 0 Å². The molecule has 0 radical (unpaired) electrons. The van der Waals surface area contributed by atoms with Gasteiger partial charge in [0.05, 0.1) is 20.3 Å². The van der Waals surface area contributed by atoms with E-state index in [1.54, 1.807) is 31.4 Å². The number of carbonyl (C=O) groups is 2. The van der Waals surface area contributed by atoms with Gasteiger partial charge < -0.3 is 20.1 Å². The molecule has 0 unspecified atom stereocenters. The first-order valence-electron chi connectivity index (χ1n) is 8.68. The van der Waals surface area contributed by atoms with E-state index in [1.165, 1.54) is 0 Å². The lowest BCUT2D eigenvalue weighted by Gasteiger charge is -2.26. The summed E-state index contributed by atoms with van der Waals surface area (Å²) in [5.41, 5.74) is -0.287. The molecule has 0 atom stereocenters. The summed E-state index contributed by atoms with van der Waals surface area (Å²) in [5, 5.41) is 5.75. The predicted octanol–water partition coefficient (Wildman–Crippen LogP) is 0.862. The number of amides is 2. The summed E-state index contributed by atoms with van der Waals surface area (Å²) < 4.78 is 10.5. The van der Waals surface area contributed by atoms with Gasteiger partial charge in [0.25, 0.3) is 0 Å². The second-order valence-electron chi connectivity index (χ2n) is 6.48. The summed E-state index contributed by atoms with van der Waals surface area (Å²) in [5.74, 6) is 0.239. The first kappa shape index (κ1) is 17.7. The highest BCUT2D eigenvalue weighted by molar-refractivity contribution is 6.13. The molecule has 1 aromatic rings. The van der Waals surface area contributed by atoms with Crippen molar-refractivity contribution < 1.29 is 19.1 Å². The van der Waals surface area contributed by atoms with Gasteiger partial charge in [-0.15, -0.1) is 0 Å². The SMILES string of the molecule is COc1cccc(NC(=O)C2(C(=O)NCCN3CCOCC3)CC2)c1. The van der Waals surface area contributed by atoms with Crippen LogP contribution < -0.4 is 15.4 Å². The third-order valence-corrected chi connectivity index (χ3v) is 4.76. The molecule has 1 saturated heterocycles. The van der Waals surface area contributed by atoms with Crippen molar-refractivity contribution in [2.75, 3.05) is 51.8 Å². The molecule has 2 N–H and O–H groups in total. The van der Waals surface area contributed by atoms with E-state index in [2.05, 4.69) is 15.5 Å². The highest BCUT2D eigenvalue weighted by Crippen LogP contribution is 2.46. The third kappa shape index (κ3) is 4.29. The fraction of sp³-hybridized carbons (Fsp3) is 0.556. The summed E-state index contributed by atoms with van der Waals surface area (Å²) in [6, 6.07) is 7.13. The number of anilines is 1. The summed E-state index contributed by atoms with van der Waals surface area (Å²) in [6.07, 6.45) is 1.18. The Bertz CT molecular complexity index is 625. The number of rotatable bonds is 7. The molecule has 0 aromatic heterocycles. The summed E-state index contributed by atoms with van der Waals surface area (Å²) >= 11 is 0. The monoisotopic (exact) mass is 347 g/mol. The lowest BCUT2D eigenvalue weighted by atomic mass is 10.0. The van der Waals surface area contributed by atoms with Crippen LogP contribution in [-0.4, -0.2) is 63.2 Å². The van der Waals surface area contributed by atoms with Gasteiger partial charge in [-0.25, -0.2) is 0 Å². The van der Waals surface area contributed by atoms with Crippen molar-refractivity contribution in [3.63, 3.8) is 0 Å². The van der Waals surface area contributed by atoms with Gasteiger partial charge >= 0.3 is 0 Å². The van der Waals surface area contributed by atoms with Crippen LogP contribution in [0.5, 0.6) is 5.75 Å². The van der Waals surface area contributed by atoms with Crippen LogP contribution in [0.15, 0.2) is 24.3 Å². The van der Waals surface area contributed by atoms with Crippen LogP contribution >= 0.6 is 0 Å². The van der Waals surface area contributed by atoms with Crippen molar-refractivity contribution in [2.24, 2.45) is 5.41 Å². The van der Waals surface area contributed by atoms with Crippen LogP contribution in [0.1, 0.15) is 12.8 Å². The highest BCUT2D eigenvalue weighted by Gasteiger charge is 2.56. The molecule has 1 aliphatic carbocycles. The fourth-order valence-electron chi connectivity index (χ4n) is 2.96. The van der Waals surface area contributed by atoms with Crippen molar-refractivity contribution in [1.82, 2.24) is 10.2 Å². The second-order valence-corrected chi connectivity index (χ2v) is 6.48. The topological polar surface area (TPSA) is 79.9 Å². The molecule has 1 saturated carbocycles. The van der Waals surface area contributed by atoms with Gasteiger partial charge in [-0.05, 0) is 25.0 Å². The molecule has 3 rings (SSSR count). The summed E-state index contributed by atoms with van der Waals surface area (Å²) in [4.78, 5) is 27.3. The molecule has 7 heteroatoms. The molecular weight excluding hydrogens is 322 g/mol. The average molecular weight is 347 g/mol. The van der Waals surface area contributed by atoms with E-state index in [4.69, 9.17) is 9.47 Å². The first-order chi connectivity index (χ1) is 12.1. The number of nitrogens with zero attached hydrogens (tertiary/aromatic N) is 1. The Labute approximate surface area is 147 Å². The summed E-state index contributed by atoms with van der Waals surface area (Å²) in [7, 11) is 1.57. The van der Waals surface area contributed by atoms with Crippen LogP contribution in [0.2, 0.25) is 0 Å². The zero-order valence-electron chi connectivity index (χ0n) is 14.5. The maximum Gasteiger partial charge on any atom is 0.240 e. The predicted molar refractivity (Wildman–Crippen MR) is 93.6 cm³/mol. The number of ether oxygens (including phenoxy) is 2. The maximum absolute atomic E-state index is 12.6. The lowest BCUT2D eigenvalue weighted by Crippen LogP contribution is -2.45. The van der Waals surface area contributed by atoms with Crippen molar-refractivity contribution in [3.05, 3.63) is 24.3 Å². The second kappa shape index (κ2) is 7.84. The molecule has 2 aliphatic rings. The van der Waals surface area contributed by atoms with Crippen LogP contribution in [0, 0.1) is 5.41 Å². The number of morpholine rings is 1. The van der Waals surface area contributed by atoms with Crippen molar-refractivity contribution in [2.45, 2.75) is 12.8 Å². The Kier molecular flexibility index (Phi) is 5.55.